The van der Waals surface area contributed by atoms with Crippen LogP contribution < -0.4 is 57.1 Å². The SMILES string of the molecule is O=[S-](=O)O.[CH2]CN.[K+]. The van der Waals surface area contributed by atoms with Crippen LogP contribution in [0, 0.1) is 6.92 Å². The molecule has 0 amide bonds. The van der Waals surface area contributed by atoms with Gasteiger partial charge in [-0.25, -0.2) is 0 Å². The zero-order chi connectivity index (χ0) is 6.28. The van der Waals surface area contributed by atoms with E-state index in [0.29, 0.717) is 6.54 Å². The fraction of sp³-hybridized carbons (Fsp3) is 0.500. The molecule has 0 aromatic heterocycles. The minimum atomic E-state index is -2.86. The molecule has 45 valence electrons. The van der Waals surface area contributed by atoms with E-state index in [1.54, 1.807) is 0 Å². The smallest absolute Gasteiger partial charge is 0.439 e. The van der Waals surface area contributed by atoms with Crippen molar-refractivity contribution in [3.63, 3.8) is 0 Å². The second-order valence-electron chi connectivity index (χ2n) is 0.506. The summed E-state index contributed by atoms with van der Waals surface area (Å²) in [6.45, 7) is 3.76. The van der Waals surface area contributed by atoms with Crippen molar-refractivity contribution < 1.29 is 64.4 Å². The Morgan fingerprint density at radius 3 is 1.62 bits per heavy atom. The van der Waals surface area contributed by atoms with Crippen LogP contribution in [0.5, 0.6) is 0 Å². The van der Waals surface area contributed by atoms with Crippen LogP contribution in [-0.2, 0) is 19.4 Å². The minimum Gasteiger partial charge on any atom is -0.439 e. The standard InChI is InChI=1S/C2H6N.K.HO3S/c1-2-3;;1-4(2)3/h1-3H2;;(H,1,2,3)/q;+1;-1. The Morgan fingerprint density at radius 1 is 1.62 bits per heavy atom. The van der Waals surface area contributed by atoms with Crippen LogP contribution >= 0.6 is 0 Å². The van der Waals surface area contributed by atoms with E-state index in [1.165, 1.54) is 0 Å². The van der Waals surface area contributed by atoms with Gasteiger partial charge in [0.05, 0.1) is 0 Å². The second kappa shape index (κ2) is 15.8. The molecule has 0 aromatic rings. The first-order chi connectivity index (χ1) is 3.15. The van der Waals surface area contributed by atoms with Crippen LogP contribution in [0.4, 0.5) is 0 Å². The van der Waals surface area contributed by atoms with Gasteiger partial charge >= 0.3 is 51.4 Å². The molecule has 0 fully saturated rings. The second-order valence-corrected chi connectivity index (χ2v) is 0.940. The van der Waals surface area contributed by atoms with Crippen LogP contribution in [0.3, 0.4) is 0 Å². The van der Waals surface area contributed by atoms with Gasteiger partial charge in [0.15, 0.2) is 0 Å². The van der Waals surface area contributed by atoms with Crippen molar-refractivity contribution in [3.8, 4) is 0 Å². The molecule has 0 bridgehead atoms. The molecule has 0 saturated carbocycles. The van der Waals surface area contributed by atoms with Gasteiger partial charge in [-0.15, -0.1) is 0 Å². The van der Waals surface area contributed by atoms with E-state index in [0.717, 1.165) is 0 Å². The molecule has 6 heteroatoms. The fourth-order valence-corrected chi connectivity index (χ4v) is 0. The minimum absolute atomic E-state index is 0. The van der Waals surface area contributed by atoms with E-state index in [-0.39, 0.29) is 51.4 Å². The van der Waals surface area contributed by atoms with Gasteiger partial charge in [0.2, 0.25) is 0 Å². The number of nitrogens with two attached hydrogens (primary N) is 1. The van der Waals surface area contributed by atoms with E-state index in [9.17, 15) is 0 Å². The van der Waals surface area contributed by atoms with E-state index in [1.807, 2.05) is 0 Å². The predicted octanol–water partition coefficient (Wildman–Crippen LogP) is -3.45. The van der Waals surface area contributed by atoms with Crippen molar-refractivity contribution in [2.24, 2.45) is 5.73 Å². The molecule has 0 saturated heterocycles. The molecule has 8 heavy (non-hydrogen) atoms. The largest absolute Gasteiger partial charge is 1.00 e. The molecule has 1 radical (unpaired) electrons. The van der Waals surface area contributed by atoms with Crippen LogP contribution in [0.1, 0.15) is 0 Å². The molecule has 0 aliphatic rings. The molecule has 0 aliphatic carbocycles. The summed E-state index contributed by atoms with van der Waals surface area (Å²) in [6.07, 6.45) is 0. The Hall–Kier alpha value is 1.51. The average Bonchev–Trinajstić information content (AvgIpc) is 1.33. The molecule has 0 heterocycles. The maximum atomic E-state index is 8.56. The molecule has 0 unspecified atom stereocenters. The van der Waals surface area contributed by atoms with Crippen LogP contribution in [0.2, 0.25) is 0 Å². The van der Waals surface area contributed by atoms with Gasteiger partial charge in [-0.3, -0.25) is 0 Å². The molecular formula is C2H7KNO3S. The van der Waals surface area contributed by atoms with Crippen molar-refractivity contribution in [1.29, 1.82) is 0 Å². The van der Waals surface area contributed by atoms with E-state index in [2.05, 4.69) is 6.92 Å². The van der Waals surface area contributed by atoms with Gasteiger partial charge in [0, 0.05) is 11.0 Å². The molecule has 0 atom stereocenters. The van der Waals surface area contributed by atoms with E-state index >= 15 is 0 Å². The van der Waals surface area contributed by atoms with Gasteiger partial charge in [0.1, 0.15) is 0 Å². The molecule has 0 aliphatic heterocycles. The Bertz CT molecular complexity index is 75.4. The van der Waals surface area contributed by atoms with Gasteiger partial charge in [-0.05, 0) is 13.5 Å². The number of rotatable bonds is 0. The van der Waals surface area contributed by atoms with Crippen LogP contribution in [0.15, 0.2) is 0 Å². The first-order valence-electron chi connectivity index (χ1n) is 1.42. The summed E-state index contributed by atoms with van der Waals surface area (Å²) >= 11 is 0. The summed E-state index contributed by atoms with van der Waals surface area (Å²) in [7, 11) is -2.86. The van der Waals surface area contributed by atoms with Gasteiger partial charge in [0.25, 0.3) is 0 Å². The Labute approximate surface area is 93.0 Å². The number of hydrogen-bond donors (Lipinski definition) is 2. The molecule has 0 aromatic carbocycles. The monoisotopic (exact) mass is 164 g/mol. The molecule has 0 spiro atoms. The van der Waals surface area contributed by atoms with Crippen LogP contribution in [0.25, 0.3) is 0 Å². The first kappa shape index (κ1) is 16.2. The van der Waals surface area contributed by atoms with Crippen molar-refractivity contribution in [1.82, 2.24) is 0 Å². The van der Waals surface area contributed by atoms with Crippen molar-refractivity contribution in [2.45, 2.75) is 0 Å². The van der Waals surface area contributed by atoms with Gasteiger partial charge in [-0.2, -0.15) is 0 Å². The van der Waals surface area contributed by atoms with Crippen LogP contribution in [-0.4, -0.2) is 11.1 Å². The maximum absolute atomic E-state index is 8.56. The summed E-state index contributed by atoms with van der Waals surface area (Å²) in [4.78, 5) is 0. The van der Waals surface area contributed by atoms with E-state index < -0.39 is 11.0 Å². The third-order valence-electron chi connectivity index (χ3n) is 0. The summed E-state index contributed by atoms with van der Waals surface area (Å²) in [5, 5.41) is 0. The first-order valence-corrected chi connectivity index (χ1v) is 2.46. The predicted molar refractivity (Wildman–Crippen MR) is 25.8 cm³/mol. The summed E-state index contributed by atoms with van der Waals surface area (Å²) in [6, 6.07) is 0. The van der Waals surface area contributed by atoms with Crippen molar-refractivity contribution in [2.75, 3.05) is 6.54 Å². The summed E-state index contributed by atoms with van der Waals surface area (Å²) < 4.78 is 24.1. The zero-order valence-corrected chi connectivity index (χ0v) is 8.60. The molecule has 4 nitrogen and oxygen atoms in total. The van der Waals surface area contributed by atoms with Crippen molar-refractivity contribution >= 4 is 11.0 Å². The number of hydrogen-bond acceptors (Lipinski definition) is 4. The van der Waals surface area contributed by atoms with Crippen molar-refractivity contribution in [3.05, 3.63) is 6.92 Å². The fourth-order valence-electron chi connectivity index (χ4n) is 0. The molecule has 3 N–H and O–H groups in total. The summed E-state index contributed by atoms with van der Waals surface area (Å²) in [5.74, 6) is 0. The Balaban J connectivity index is -0.0000000575. The maximum Gasteiger partial charge on any atom is 1.00 e. The Morgan fingerprint density at radius 2 is 1.62 bits per heavy atom. The van der Waals surface area contributed by atoms with Gasteiger partial charge in [-0.1, -0.05) is 0 Å². The molecular weight excluding hydrogens is 157 g/mol. The van der Waals surface area contributed by atoms with E-state index in [4.69, 9.17) is 18.7 Å². The summed E-state index contributed by atoms with van der Waals surface area (Å²) in [5.41, 5.74) is 4.74. The van der Waals surface area contributed by atoms with Gasteiger partial charge < -0.3 is 18.7 Å². The Kier molecular flexibility index (Phi) is 32.1. The molecule has 0 rings (SSSR count). The third-order valence-corrected chi connectivity index (χ3v) is 0. The average molecular weight is 164 g/mol. The zero-order valence-electron chi connectivity index (χ0n) is 4.66. The quantitative estimate of drug-likeness (QED) is 0.169. The topological polar surface area (TPSA) is 80.4 Å². The normalized spacial score (nSPS) is 6.50. The third kappa shape index (κ3) is 140.